The van der Waals surface area contributed by atoms with Crippen LogP contribution in [0.4, 0.5) is 5.69 Å². The van der Waals surface area contributed by atoms with E-state index in [9.17, 15) is 0 Å². The zero-order chi connectivity index (χ0) is 13.2. The second kappa shape index (κ2) is 4.65. The minimum absolute atomic E-state index is 0.435. The van der Waals surface area contributed by atoms with Crippen LogP contribution < -0.4 is 10.5 Å². The molecular weight excluding hydrogens is 238 g/mol. The first-order valence-electron chi connectivity index (χ1n) is 6.13. The molecule has 0 saturated heterocycles. The van der Waals surface area contributed by atoms with E-state index in [1.54, 1.807) is 0 Å². The summed E-state index contributed by atoms with van der Waals surface area (Å²) in [5, 5.41) is 5.61. The van der Waals surface area contributed by atoms with Crippen LogP contribution in [0.25, 0.3) is 10.9 Å². The van der Waals surface area contributed by atoms with Gasteiger partial charge in [0.05, 0.1) is 5.52 Å². The van der Waals surface area contributed by atoms with Gasteiger partial charge in [0.2, 0.25) is 0 Å². The number of anilines is 1. The summed E-state index contributed by atoms with van der Waals surface area (Å²) < 4.78 is 7.61. The number of para-hydroxylation sites is 1. The summed E-state index contributed by atoms with van der Waals surface area (Å²) in [5.41, 5.74) is 8.46. The Morgan fingerprint density at radius 2 is 2.00 bits per heavy atom. The number of benzene rings is 2. The molecule has 0 saturated carbocycles. The molecule has 0 bridgehead atoms. The molecule has 1 aromatic heterocycles. The van der Waals surface area contributed by atoms with Crippen molar-refractivity contribution >= 4 is 16.6 Å². The Morgan fingerprint density at radius 1 is 1.16 bits per heavy atom. The molecule has 4 heteroatoms. The highest BCUT2D eigenvalue weighted by Crippen LogP contribution is 2.20. The Bertz CT molecular complexity index is 718. The molecule has 96 valence electrons. The molecule has 3 aromatic rings. The lowest BCUT2D eigenvalue weighted by Crippen LogP contribution is -1.98. The van der Waals surface area contributed by atoms with Crippen molar-refractivity contribution < 1.29 is 4.74 Å². The maximum atomic E-state index is 5.74. The molecule has 0 radical (unpaired) electrons. The van der Waals surface area contributed by atoms with E-state index in [0.29, 0.717) is 12.3 Å². The van der Waals surface area contributed by atoms with Gasteiger partial charge in [-0.05, 0) is 18.2 Å². The first kappa shape index (κ1) is 11.6. The average molecular weight is 253 g/mol. The monoisotopic (exact) mass is 253 g/mol. The lowest BCUT2D eigenvalue weighted by Gasteiger charge is -2.05. The van der Waals surface area contributed by atoms with Crippen molar-refractivity contribution in [3.8, 4) is 5.75 Å². The quantitative estimate of drug-likeness (QED) is 0.730. The molecule has 4 nitrogen and oxygen atoms in total. The first-order valence-corrected chi connectivity index (χ1v) is 6.13. The molecule has 0 aliphatic rings. The van der Waals surface area contributed by atoms with Gasteiger partial charge in [0.1, 0.15) is 18.1 Å². The van der Waals surface area contributed by atoms with Crippen molar-refractivity contribution in [1.82, 2.24) is 9.78 Å². The largest absolute Gasteiger partial charge is 0.487 e. The molecule has 0 spiro atoms. The number of aryl methyl sites for hydroxylation is 1. The van der Waals surface area contributed by atoms with E-state index >= 15 is 0 Å². The maximum Gasteiger partial charge on any atom is 0.133 e. The molecule has 0 unspecified atom stereocenters. The van der Waals surface area contributed by atoms with Gasteiger partial charge < -0.3 is 10.5 Å². The van der Waals surface area contributed by atoms with Gasteiger partial charge in [-0.2, -0.15) is 5.10 Å². The molecule has 0 aliphatic heterocycles. The van der Waals surface area contributed by atoms with Gasteiger partial charge in [-0.3, -0.25) is 4.68 Å². The topological polar surface area (TPSA) is 53.1 Å². The van der Waals surface area contributed by atoms with Crippen molar-refractivity contribution in [2.45, 2.75) is 6.61 Å². The second-order valence-electron chi connectivity index (χ2n) is 4.45. The lowest BCUT2D eigenvalue weighted by atomic mass is 10.2. The second-order valence-corrected chi connectivity index (χ2v) is 4.45. The van der Waals surface area contributed by atoms with Gasteiger partial charge in [0, 0.05) is 24.2 Å². The summed E-state index contributed by atoms with van der Waals surface area (Å²) in [5.74, 6) is 0.759. The minimum Gasteiger partial charge on any atom is -0.487 e. The van der Waals surface area contributed by atoms with Crippen LogP contribution in [0.5, 0.6) is 5.75 Å². The standard InChI is InChI=1S/C15H15N3O/c1-18-15-8-3-2-7-13(15)14(17-18)10-19-12-6-4-5-11(16)9-12/h2-9H,10,16H2,1H3. The summed E-state index contributed by atoms with van der Waals surface area (Å²) in [6.07, 6.45) is 0. The molecule has 3 rings (SSSR count). The van der Waals surface area contributed by atoms with Crippen molar-refractivity contribution in [2.24, 2.45) is 7.05 Å². The summed E-state index contributed by atoms with van der Waals surface area (Å²) >= 11 is 0. The fraction of sp³-hybridized carbons (Fsp3) is 0.133. The molecule has 19 heavy (non-hydrogen) atoms. The smallest absolute Gasteiger partial charge is 0.133 e. The van der Waals surface area contributed by atoms with Gasteiger partial charge in [0.25, 0.3) is 0 Å². The normalized spacial score (nSPS) is 10.8. The molecule has 0 amide bonds. The Labute approximate surface area is 111 Å². The van der Waals surface area contributed by atoms with Crippen molar-refractivity contribution in [2.75, 3.05) is 5.73 Å². The minimum atomic E-state index is 0.435. The Kier molecular flexibility index (Phi) is 2.83. The Hall–Kier alpha value is -2.49. The van der Waals surface area contributed by atoms with Gasteiger partial charge in [-0.15, -0.1) is 0 Å². The number of nitrogens with zero attached hydrogens (tertiary/aromatic N) is 2. The van der Waals surface area contributed by atoms with E-state index in [0.717, 1.165) is 22.3 Å². The van der Waals surface area contributed by atoms with Crippen molar-refractivity contribution in [3.63, 3.8) is 0 Å². The molecule has 2 N–H and O–H groups in total. The predicted octanol–water partition coefficient (Wildman–Crippen LogP) is 2.73. The third-order valence-corrected chi connectivity index (χ3v) is 3.07. The molecule has 0 aliphatic carbocycles. The van der Waals surface area contributed by atoms with Crippen molar-refractivity contribution in [3.05, 3.63) is 54.2 Å². The summed E-state index contributed by atoms with van der Waals surface area (Å²) in [4.78, 5) is 0. The number of hydrogen-bond acceptors (Lipinski definition) is 3. The van der Waals surface area contributed by atoms with Crippen LogP contribution in [0.3, 0.4) is 0 Å². The van der Waals surface area contributed by atoms with Crippen LogP contribution in [-0.2, 0) is 13.7 Å². The van der Waals surface area contributed by atoms with Crippen LogP contribution in [0, 0.1) is 0 Å². The molecule has 1 heterocycles. The highest BCUT2D eigenvalue weighted by molar-refractivity contribution is 5.81. The highest BCUT2D eigenvalue weighted by atomic mass is 16.5. The number of fused-ring (bicyclic) bond motifs is 1. The zero-order valence-electron chi connectivity index (χ0n) is 10.7. The SMILES string of the molecule is Cn1nc(COc2cccc(N)c2)c2ccccc21. The first-order chi connectivity index (χ1) is 9.24. The van der Waals surface area contributed by atoms with E-state index in [2.05, 4.69) is 11.2 Å². The summed E-state index contributed by atoms with van der Waals surface area (Å²) in [6.45, 7) is 0.435. The maximum absolute atomic E-state index is 5.74. The number of ether oxygens (including phenoxy) is 1. The van der Waals surface area contributed by atoms with Gasteiger partial charge in [-0.25, -0.2) is 0 Å². The van der Waals surface area contributed by atoms with Crippen molar-refractivity contribution in [1.29, 1.82) is 0 Å². The van der Waals surface area contributed by atoms with Gasteiger partial charge in [-0.1, -0.05) is 24.3 Å². The Balaban J connectivity index is 1.86. The van der Waals surface area contributed by atoms with E-state index in [4.69, 9.17) is 10.5 Å². The van der Waals surface area contributed by atoms with Crippen LogP contribution in [0.15, 0.2) is 48.5 Å². The number of aromatic nitrogens is 2. The van der Waals surface area contributed by atoms with E-state index in [1.165, 1.54) is 0 Å². The van der Waals surface area contributed by atoms with Gasteiger partial charge in [0.15, 0.2) is 0 Å². The number of rotatable bonds is 3. The fourth-order valence-corrected chi connectivity index (χ4v) is 2.15. The van der Waals surface area contributed by atoms with Crippen LogP contribution in [0.1, 0.15) is 5.69 Å². The summed E-state index contributed by atoms with van der Waals surface area (Å²) in [7, 11) is 1.94. The van der Waals surface area contributed by atoms with Crippen LogP contribution in [-0.4, -0.2) is 9.78 Å². The third-order valence-electron chi connectivity index (χ3n) is 3.07. The predicted molar refractivity (Wildman–Crippen MR) is 75.9 cm³/mol. The zero-order valence-corrected chi connectivity index (χ0v) is 10.7. The van der Waals surface area contributed by atoms with Crippen LogP contribution in [0.2, 0.25) is 0 Å². The lowest BCUT2D eigenvalue weighted by molar-refractivity contribution is 0.301. The fourth-order valence-electron chi connectivity index (χ4n) is 2.15. The number of nitrogens with two attached hydrogens (primary N) is 1. The number of nitrogen functional groups attached to an aromatic ring is 1. The van der Waals surface area contributed by atoms with Crippen LogP contribution >= 0.6 is 0 Å². The van der Waals surface area contributed by atoms with E-state index in [-0.39, 0.29) is 0 Å². The molecule has 0 fully saturated rings. The summed E-state index contributed by atoms with van der Waals surface area (Å²) in [6, 6.07) is 15.5. The highest BCUT2D eigenvalue weighted by Gasteiger charge is 2.08. The average Bonchev–Trinajstić information content (AvgIpc) is 2.74. The van der Waals surface area contributed by atoms with E-state index in [1.807, 2.05) is 54.2 Å². The third kappa shape index (κ3) is 2.25. The van der Waals surface area contributed by atoms with E-state index < -0.39 is 0 Å². The number of hydrogen-bond donors (Lipinski definition) is 1. The Morgan fingerprint density at radius 3 is 2.84 bits per heavy atom. The molecule has 0 atom stereocenters. The molecule has 2 aromatic carbocycles. The molecular formula is C15H15N3O. The van der Waals surface area contributed by atoms with Gasteiger partial charge >= 0.3 is 0 Å².